The molecular formula is C13H18N2O3. The first kappa shape index (κ1) is 14.2. The van der Waals surface area contributed by atoms with Gasteiger partial charge in [-0.15, -0.1) is 0 Å². The number of carbonyl (C=O) groups is 1. The van der Waals surface area contributed by atoms with E-state index in [1.54, 1.807) is 19.9 Å². The van der Waals surface area contributed by atoms with Crippen molar-refractivity contribution >= 4 is 17.3 Å². The zero-order chi connectivity index (χ0) is 13.9. The second-order valence-corrected chi connectivity index (χ2v) is 4.32. The van der Waals surface area contributed by atoms with E-state index < -0.39 is 4.92 Å². The van der Waals surface area contributed by atoms with E-state index in [1.165, 1.54) is 11.8 Å². The monoisotopic (exact) mass is 250 g/mol. The van der Waals surface area contributed by atoms with Gasteiger partial charge in [0.25, 0.3) is 5.69 Å². The van der Waals surface area contributed by atoms with Gasteiger partial charge in [-0.1, -0.05) is 19.1 Å². The molecule has 1 aromatic carbocycles. The summed E-state index contributed by atoms with van der Waals surface area (Å²) in [5.74, 6) is -0.173. The second kappa shape index (κ2) is 5.62. The van der Waals surface area contributed by atoms with Gasteiger partial charge in [0.05, 0.1) is 4.92 Å². The molecule has 0 saturated carbocycles. The van der Waals surface area contributed by atoms with E-state index >= 15 is 0 Å². The van der Waals surface area contributed by atoms with E-state index in [4.69, 9.17) is 0 Å². The molecule has 0 bridgehead atoms. The lowest BCUT2D eigenvalue weighted by atomic mass is 10.1. The van der Waals surface area contributed by atoms with Crippen LogP contribution in [0.4, 0.5) is 11.4 Å². The van der Waals surface area contributed by atoms with E-state index in [9.17, 15) is 14.9 Å². The summed E-state index contributed by atoms with van der Waals surface area (Å²) in [5, 5.41) is 11.2. The highest BCUT2D eigenvalue weighted by Gasteiger charge is 2.25. The van der Waals surface area contributed by atoms with Crippen molar-refractivity contribution in [3.05, 3.63) is 33.4 Å². The Bertz CT molecular complexity index is 483. The Morgan fingerprint density at radius 3 is 2.33 bits per heavy atom. The van der Waals surface area contributed by atoms with Crippen molar-refractivity contribution in [3.63, 3.8) is 0 Å². The molecule has 0 radical (unpaired) electrons. The number of aryl methyl sites for hydroxylation is 2. The molecule has 0 atom stereocenters. The Morgan fingerprint density at radius 1 is 1.33 bits per heavy atom. The average Bonchev–Trinajstić information content (AvgIpc) is 2.28. The van der Waals surface area contributed by atoms with Crippen molar-refractivity contribution in [2.24, 2.45) is 0 Å². The number of rotatable bonds is 4. The molecule has 0 heterocycles. The number of nitro groups is 1. The van der Waals surface area contributed by atoms with Gasteiger partial charge in [-0.25, -0.2) is 0 Å². The van der Waals surface area contributed by atoms with Crippen molar-refractivity contribution in [2.45, 2.75) is 34.1 Å². The quantitative estimate of drug-likeness (QED) is 0.609. The van der Waals surface area contributed by atoms with Crippen LogP contribution in [0.1, 0.15) is 31.4 Å². The molecule has 5 heteroatoms. The fourth-order valence-corrected chi connectivity index (χ4v) is 2.00. The molecule has 0 aliphatic heterocycles. The Kier molecular flexibility index (Phi) is 4.42. The molecule has 1 amide bonds. The molecule has 98 valence electrons. The molecule has 0 saturated heterocycles. The van der Waals surface area contributed by atoms with Gasteiger partial charge >= 0.3 is 0 Å². The first-order valence-corrected chi connectivity index (χ1v) is 5.92. The van der Waals surface area contributed by atoms with Crippen LogP contribution in [0.5, 0.6) is 0 Å². The minimum Gasteiger partial charge on any atom is -0.306 e. The van der Waals surface area contributed by atoms with Gasteiger partial charge in [0.1, 0.15) is 5.69 Å². The van der Waals surface area contributed by atoms with Gasteiger partial charge in [0.2, 0.25) is 5.91 Å². The van der Waals surface area contributed by atoms with Gasteiger partial charge in [0, 0.05) is 19.0 Å². The SMILES string of the molecule is CCCN(C(C)=O)c1c(C)ccc(C)c1[N+](=O)[O-]. The fourth-order valence-electron chi connectivity index (χ4n) is 2.00. The van der Waals surface area contributed by atoms with Crippen molar-refractivity contribution < 1.29 is 9.72 Å². The third kappa shape index (κ3) is 2.67. The number of nitro benzene ring substituents is 1. The normalized spacial score (nSPS) is 10.2. The largest absolute Gasteiger partial charge is 0.306 e. The average molecular weight is 250 g/mol. The summed E-state index contributed by atoms with van der Waals surface area (Å²) in [5.41, 5.74) is 1.77. The van der Waals surface area contributed by atoms with Crippen molar-refractivity contribution in [1.82, 2.24) is 0 Å². The zero-order valence-electron chi connectivity index (χ0n) is 11.2. The first-order valence-electron chi connectivity index (χ1n) is 5.92. The lowest BCUT2D eigenvalue weighted by molar-refractivity contribution is -0.384. The molecule has 5 nitrogen and oxygen atoms in total. The second-order valence-electron chi connectivity index (χ2n) is 4.32. The van der Waals surface area contributed by atoms with Gasteiger partial charge in [-0.05, 0) is 25.8 Å². The molecule has 0 aliphatic carbocycles. The molecule has 1 rings (SSSR count). The number of hydrogen-bond acceptors (Lipinski definition) is 3. The molecule has 0 aromatic heterocycles. The molecule has 0 N–H and O–H groups in total. The van der Waals surface area contributed by atoms with Crippen LogP contribution in [0.2, 0.25) is 0 Å². The van der Waals surface area contributed by atoms with Crippen LogP contribution >= 0.6 is 0 Å². The number of hydrogen-bond donors (Lipinski definition) is 0. The number of anilines is 1. The summed E-state index contributed by atoms with van der Waals surface area (Å²) < 4.78 is 0. The lowest BCUT2D eigenvalue weighted by Gasteiger charge is -2.22. The van der Waals surface area contributed by atoms with Crippen molar-refractivity contribution in [1.29, 1.82) is 0 Å². The van der Waals surface area contributed by atoms with E-state index in [0.29, 0.717) is 17.8 Å². The summed E-state index contributed by atoms with van der Waals surface area (Å²) in [6.45, 7) is 7.33. The molecule has 1 aromatic rings. The maximum Gasteiger partial charge on any atom is 0.296 e. The summed E-state index contributed by atoms with van der Waals surface area (Å²) >= 11 is 0. The topological polar surface area (TPSA) is 63.5 Å². The predicted octanol–water partition coefficient (Wildman–Crippen LogP) is 2.97. The number of nitrogens with zero attached hydrogens (tertiary/aromatic N) is 2. The Balaban J connectivity index is 3.49. The first-order chi connectivity index (χ1) is 8.40. The minimum absolute atomic E-state index is 0.0265. The summed E-state index contributed by atoms with van der Waals surface area (Å²) in [6, 6.07) is 3.52. The number of amides is 1. The van der Waals surface area contributed by atoms with Crippen LogP contribution in [0, 0.1) is 24.0 Å². The van der Waals surface area contributed by atoms with Gasteiger partial charge < -0.3 is 4.90 Å². The minimum atomic E-state index is -0.413. The zero-order valence-corrected chi connectivity index (χ0v) is 11.2. The van der Waals surface area contributed by atoms with Gasteiger partial charge in [-0.3, -0.25) is 14.9 Å². The number of carbonyl (C=O) groups excluding carboxylic acids is 1. The van der Waals surface area contributed by atoms with Crippen LogP contribution in [0.15, 0.2) is 12.1 Å². The maximum atomic E-state index is 11.7. The highest BCUT2D eigenvalue weighted by molar-refractivity contribution is 5.95. The molecular weight excluding hydrogens is 232 g/mol. The smallest absolute Gasteiger partial charge is 0.296 e. The van der Waals surface area contributed by atoms with Crippen molar-refractivity contribution in [3.8, 4) is 0 Å². The van der Waals surface area contributed by atoms with Gasteiger partial charge in [0.15, 0.2) is 0 Å². The Labute approximate surface area is 107 Å². The summed E-state index contributed by atoms with van der Waals surface area (Å²) in [4.78, 5) is 23.9. The van der Waals surface area contributed by atoms with Crippen molar-refractivity contribution in [2.75, 3.05) is 11.4 Å². The Morgan fingerprint density at radius 2 is 1.89 bits per heavy atom. The third-order valence-corrected chi connectivity index (χ3v) is 2.83. The highest BCUT2D eigenvalue weighted by Crippen LogP contribution is 2.35. The van der Waals surface area contributed by atoms with Crippen LogP contribution in [0.3, 0.4) is 0 Å². The summed E-state index contributed by atoms with van der Waals surface area (Å²) in [7, 11) is 0. The standard InChI is InChI=1S/C13H18N2O3/c1-5-8-14(11(4)16)12-9(2)6-7-10(3)13(12)15(17)18/h6-7H,5,8H2,1-4H3. The summed E-state index contributed by atoms with van der Waals surface area (Å²) in [6.07, 6.45) is 0.754. The molecule has 0 unspecified atom stereocenters. The lowest BCUT2D eigenvalue weighted by Crippen LogP contribution is -2.30. The predicted molar refractivity (Wildman–Crippen MR) is 70.9 cm³/mol. The van der Waals surface area contributed by atoms with E-state index in [2.05, 4.69) is 0 Å². The maximum absolute atomic E-state index is 11.7. The van der Waals surface area contributed by atoms with Gasteiger partial charge in [-0.2, -0.15) is 0 Å². The molecule has 0 aliphatic rings. The van der Waals surface area contributed by atoms with E-state index in [1.807, 2.05) is 13.0 Å². The van der Waals surface area contributed by atoms with E-state index in [0.717, 1.165) is 12.0 Å². The van der Waals surface area contributed by atoms with Crippen LogP contribution in [-0.4, -0.2) is 17.4 Å². The molecule has 0 fully saturated rings. The molecule has 0 spiro atoms. The van der Waals surface area contributed by atoms with Crippen LogP contribution < -0.4 is 4.90 Å². The Hall–Kier alpha value is -1.91. The van der Waals surface area contributed by atoms with Crippen LogP contribution in [-0.2, 0) is 4.79 Å². The third-order valence-electron chi connectivity index (χ3n) is 2.83. The van der Waals surface area contributed by atoms with Crippen LogP contribution in [0.25, 0.3) is 0 Å². The fraction of sp³-hybridized carbons (Fsp3) is 0.462. The molecule has 18 heavy (non-hydrogen) atoms. The highest BCUT2D eigenvalue weighted by atomic mass is 16.6. The number of benzene rings is 1. The van der Waals surface area contributed by atoms with E-state index in [-0.39, 0.29) is 11.6 Å².